The van der Waals surface area contributed by atoms with Crippen molar-refractivity contribution >= 4 is 34.0 Å². The number of hydrogen-bond donors (Lipinski definition) is 0. The smallest absolute Gasteiger partial charge is 0.399 e. The lowest BCUT2D eigenvalue weighted by atomic mass is 9.79. The zero-order valence-electron chi connectivity index (χ0n) is 12.1. The van der Waals surface area contributed by atoms with Crippen LogP contribution in [0.5, 0.6) is 0 Å². The van der Waals surface area contributed by atoms with Crippen molar-refractivity contribution in [2.75, 3.05) is 0 Å². The van der Waals surface area contributed by atoms with Crippen LogP contribution in [0.1, 0.15) is 33.3 Å². The predicted octanol–water partition coefficient (Wildman–Crippen LogP) is 3.51. The molecule has 0 atom stereocenters. The van der Waals surface area contributed by atoms with E-state index in [0.717, 1.165) is 5.46 Å². The Morgan fingerprint density at radius 2 is 1.68 bits per heavy atom. The van der Waals surface area contributed by atoms with E-state index in [9.17, 15) is 0 Å². The lowest BCUT2D eigenvalue weighted by Crippen LogP contribution is -2.41. The second-order valence-corrected chi connectivity index (χ2v) is 7.17. The molecule has 1 aromatic carbocycles. The first-order valence-corrected chi connectivity index (χ1v) is 7.51. The number of rotatable bonds is 1. The van der Waals surface area contributed by atoms with Gasteiger partial charge in [0.05, 0.1) is 11.2 Å². The summed E-state index contributed by atoms with van der Waals surface area (Å²) >= 11 is 1.78. The lowest BCUT2D eigenvalue weighted by Gasteiger charge is -2.32. The third-order valence-corrected chi connectivity index (χ3v) is 5.38. The van der Waals surface area contributed by atoms with Gasteiger partial charge in [-0.1, -0.05) is 12.1 Å². The van der Waals surface area contributed by atoms with E-state index in [1.807, 2.05) is 0 Å². The van der Waals surface area contributed by atoms with Crippen LogP contribution in [0.3, 0.4) is 0 Å². The SMILES string of the molecule is Cc1csc2cc(B3OC(C)(C)C(C)(C)O3)ccc12. The molecule has 0 saturated carbocycles. The summed E-state index contributed by atoms with van der Waals surface area (Å²) in [5, 5.41) is 3.52. The topological polar surface area (TPSA) is 18.5 Å². The van der Waals surface area contributed by atoms with Crippen LogP contribution in [-0.4, -0.2) is 18.3 Å². The van der Waals surface area contributed by atoms with Crippen molar-refractivity contribution in [2.45, 2.75) is 45.8 Å². The zero-order valence-corrected chi connectivity index (χ0v) is 12.9. The summed E-state index contributed by atoms with van der Waals surface area (Å²) in [6.07, 6.45) is 0. The van der Waals surface area contributed by atoms with Gasteiger partial charge in [0.15, 0.2) is 0 Å². The number of fused-ring (bicyclic) bond motifs is 1. The fourth-order valence-electron chi connectivity index (χ4n) is 2.30. The minimum atomic E-state index is -0.280. The molecule has 0 N–H and O–H groups in total. The number of aryl methyl sites for hydroxylation is 1. The van der Waals surface area contributed by atoms with Crippen LogP contribution in [-0.2, 0) is 9.31 Å². The van der Waals surface area contributed by atoms with Crippen molar-refractivity contribution < 1.29 is 9.31 Å². The highest BCUT2D eigenvalue weighted by molar-refractivity contribution is 7.17. The van der Waals surface area contributed by atoms with E-state index in [-0.39, 0.29) is 18.3 Å². The summed E-state index contributed by atoms with van der Waals surface area (Å²) in [5.41, 5.74) is 1.88. The Bertz CT molecular complexity index is 614. The van der Waals surface area contributed by atoms with Gasteiger partial charge in [-0.2, -0.15) is 0 Å². The zero-order chi connectivity index (χ0) is 13.8. The summed E-state index contributed by atoms with van der Waals surface area (Å²) in [5.74, 6) is 0. The van der Waals surface area contributed by atoms with E-state index in [1.165, 1.54) is 15.6 Å². The van der Waals surface area contributed by atoms with Crippen molar-refractivity contribution in [3.63, 3.8) is 0 Å². The Kier molecular flexibility index (Phi) is 2.82. The van der Waals surface area contributed by atoms with Gasteiger partial charge in [0.25, 0.3) is 0 Å². The molecule has 1 aromatic heterocycles. The first kappa shape index (κ1) is 13.2. The molecule has 4 heteroatoms. The van der Waals surface area contributed by atoms with Gasteiger partial charge in [0.1, 0.15) is 0 Å². The number of benzene rings is 1. The highest BCUT2D eigenvalue weighted by atomic mass is 32.1. The van der Waals surface area contributed by atoms with E-state index in [1.54, 1.807) is 11.3 Å². The van der Waals surface area contributed by atoms with Crippen LogP contribution >= 0.6 is 11.3 Å². The Morgan fingerprint density at radius 3 is 2.32 bits per heavy atom. The van der Waals surface area contributed by atoms with Gasteiger partial charge < -0.3 is 9.31 Å². The van der Waals surface area contributed by atoms with Gasteiger partial charge in [-0.15, -0.1) is 11.3 Å². The van der Waals surface area contributed by atoms with Crippen LogP contribution in [0.2, 0.25) is 0 Å². The second-order valence-electron chi connectivity index (χ2n) is 6.26. The summed E-state index contributed by atoms with van der Waals surface area (Å²) < 4.78 is 13.5. The second kappa shape index (κ2) is 4.08. The monoisotopic (exact) mass is 274 g/mol. The highest BCUT2D eigenvalue weighted by Gasteiger charge is 2.51. The van der Waals surface area contributed by atoms with Crippen LogP contribution in [0, 0.1) is 6.92 Å². The fraction of sp³-hybridized carbons (Fsp3) is 0.467. The molecule has 1 fully saturated rings. The van der Waals surface area contributed by atoms with Crippen molar-refractivity contribution in [3.8, 4) is 0 Å². The Hall–Kier alpha value is -0.835. The largest absolute Gasteiger partial charge is 0.494 e. The molecular weight excluding hydrogens is 255 g/mol. The quantitative estimate of drug-likeness (QED) is 0.741. The van der Waals surface area contributed by atoms with E-state index < -0.39 is 0 Å². The molecule has 0 unspecified atom stereocenters. The van der Waals surface area contributed by atoms with Crippen LogP contribution in [0.4, 0.5) is 0 Å². The normalized spacial score (nSPS) is 21.2. The Labute approximate surface area is 118 Å². The molecule has 0 bridgehead atoms. The van der Waals surface area contributed by atoms with Gasteiger partial charge in [-0.05, 0) is 62.5 Å². The molecule has 0 radical (unpaired) electrons. The average molecular weight is 274 g/mol. The van der Waals surface area contributed by atoms with Gasteiger partial charge in [-0.25, -0.2) is 0 Å². The average Bonchev–Trinajstić information content (AvgIpc) is 2.78. The minimum absolute atomic E-state index is 0.267. The summed E-state index contributed by atoms with van der Waals surface area (Å²) in [7, 11) is -0.267. The first-order chi connectivity index (χ1) is 8.80. The molecule has 19 heavy (non-hydrogen) atoms. The summed E-state index contributed by atoms with van der Waals surface area (Å²) in [6, 6.07) is 6.47. The summed E-state index contributed by atoms with van der Waals surface area (Å²) in [6.45, 7) is 10.5. The maximum absolute atomic E-state index is 6.09. The van der Waals surface area contributed by atoms with Gasteiger partial charge in [-0.3, -0.25) is 0 Å². The molecule has 0 spiro atoms. The molecule has 2 aromatic rings. The molecule has 1 saturated heterocycles. The molecule has 100 valence electrons. The van der Waals surface area contributed by atoms with E-state index in [4.69, 9.17) is 9.31 Å². The first-order valence-electron chi connectivity index (χ1n) is 6.63. The van der Waals surface area contributed by atoms with Crippen molar-refractivity contribution in [1.29, 1.82) is 0 Å². The van der Waals surface area contributed by atoms with Crippen LogP contribution < -0.4 is 5.46 Å². The minimum Gasteiger partial charge on any atom is -0.399 e. The molecular formula is C15H19BO2S. The predicted molar refractivity (Wildman–Crippen MR) is 82.3 cm³/mol. The maximum Gasteiger partial charge on any atom is 0.494 e. The number of hydrogen-bond acceptors (Lipinski definition) is 3. The molecule has 2 nitrogen and oxygen atoms in total. The van der Waals surface area contributed by atoms with Gasteiger partial charge in [0, 0.05) is 4.70 Å². The standard InChI is InChI=1S/C15H19BO2S/c1-10-9-19-13-8-11(6-7-12(10)13)16-17-14(2,3)15(4,5)18-16/h6-9H,1-5H3. The Morgan fingerprint density at radius 1 is 1.05 bits per heavy atom. The van der Waals surface area contributed by atoms with Crippen LogP contribution in [0.15, 0.2) is 23.6 Å². The van der Waals surface area contributed by atoms with Gasteiger partial charge >= 0.3 is 7.12 Å². The number of thiophene rings is 1. The third-order valence-electron chi connectivity index (χ3n) is 4.32. The van der Waals surface area contributed by atoms with Crippen molar-refractivity contribution in [1.82, 2.24) is 0 Å². The molecule has 0 aliphatic carbocycles. The maximum atomic E-state index is 6.09. The fourth-order valence-corrected chi connectivity index (χ4v) is 3.29. The molecule has 1 aliphatic rings. The van der Waals surface area contributed by atoms with Gasteiger partial charge in [0.2, 0.25) is 0 Å². The van der Waals surface area contributed by atoms with Crippen molar-refractivity contribution in [3.05, 3.63) is 29.1 Å². The van der Waals surface area contributed by atoms with Crippen LogP contribution in [0.25, 0.3) is 10.1 Å². The van der Waals surface area contributed by atoms with E-state index >= 15 is 0 Å². The summed E-state index contributed by atoms with van der Waals surface area (Å²) in [4.78, 5) is 0. The highest BCUT2D eigenvalue weighted by Crippen LogP contribution is 2.36. The third kappa shape index (κ3) is 2.02. The van der Waals surface area contributed by atoms with Crippen molar-refractivity contribution in [2.24, 2.45) is 0 Å². The van der Waals surface area contributed by atoms with E-state index in [2.05, 4.69) is 58.2 Å². The Balaban J connectivity index is 1.98. The molecule has 0 amide bonds. The molecule has 1 aliphatic heterocycles. The molecule has 3 rings (SSSR count). The van der Waals surface area contributed by atoms with E-state index in [0.29, 0.717) is 0 Å². The molecule has 2 heterocycles. The lowest BCUT2D eigenvalue weighted by molar-refractivity contribution is 0.00578.